The summed E-state index contributed by atoms with van der Waals surface area (Å²) in [6.07, 6.45) is 6.78. The number of hydrogen-bond donors (Lipinski definition) is 1. The molecular formula is C25H30N6O. The molecule has 1 N–H and O–H groups in total. The van der Waals surface area contributed by atoms with Crippen LogP contribution in [0.1, 0.15) is 58.3 Å². The SMILES string of the molecule is Cc1nc([C@H]2CCCN(C(=O)c3ccn[nH]3)C2)nc2c1CCCN2CCc1ccccc1. The maximum Gasteiger partial charge on any atom is 0.271 e. The van der Waals surface area contributed by atoms with E-state index >= 15 is 0 Å². The van der Waals surface area contributed by atoms with Crippen LogP contribution in [0.25, 0.3) is 0 Å². The molecule has 5 rings (SSSR count). The Bertz CT molecular complexity index is 1070. The molecule has 0 spiro atoms. The fourth-order valence-electron chi connectivity index (χ4n) is 4.94. The average molecular weight is 431 g/mol. The third-order valence-electron chi connectivity index (χ3n) is 6.68. The van der Waals surface area contributed by atoms with Crippen molar-refractivity contribution in [2.75, 3.05) is 31.1 Å². The van der Waals surface area contributed by atoms with E-state index in [-0.39, 0.29) is 11.8 Å². The Labute approximate surface area is 188 Å². The molecule has 166 valence electrons. The minimum atomic E-state index is 0.00590. The second-order valence-electron chi connectivity index (χ2n) is 8.86. The van der Waals surface area contributed by atoms with Gasteiger partial charge in [0.05, 0.1) is 0 Å². The number of nitrogens with one attached hydrogen (secondary N) is 1. The molecule has 1 atom stereocenters. The minimum absolute atomic E-state index is 0.00590. The maximum absolute atomic E-state index is 12.8. The molecule has 1 saturated heterocycles. The molecule has 0 saturated carbocycles. The number of fused-ring (bicyclic) bond motifs is 1. The van der Waals surface area contributed by atoms with Gasteiger partial charge >= 0.3 is 0 Å². The van der Waals surface area contributed by atoms with Crippen molar-refractivity contribution >= 4 is 11.7 Å². The monoisotopic (exact) mass is 430 g/mol. The van der Waals surface area contributed by atoms with Gasteiger partial charge in [-0.05, 0) is 50.7 Å². The van der Waals surface area contributed by atoms with Crippen molar-refractivity contribution in [3.8, 4) is 0 Å². The third kappa shape index (κ3) is 4.24. The fraction of sp³-hybridized carbons (Fsp3) is 0.440. The standard InChI is InChI=1S/C25H30N6O/c1-18-21-10-6-14-30(16-12-19-7-3-2-4-8-19)24(21)28-23(27-18)20-9-5-15-31(17-20)25(32)22-11-13-26-29-22/h2-4,7-8,11,13,20H,5-6,9-10,12,14-17H2,1H3,(H,26,29)/t20-/m0/s1. The molecule has 3 aromatic rings. The molecule has 7 heteroatoms. The second kappa shape index (κ2) is 9.10. The number of aryl methyl sites for hydroxylation is 1. The van der Waals surface area contributed by atoms with Crippen molar-refractivity contribution in [2.24, 2.45) is 0 Å². The van der Waals surface area contributed by atoms with E-state index in [0.29, 0.717) is 12.2 Å². The summed E-state index contributed by atoms with van der Waals surface area (Å²) in [6.45, 7) is 5.52. The number of nitrogens with zero attached hydrogens (tertiary/aromatic N) is 5. The van der Waals surface area contributed by atoms with E-state index < -0.39 is 0 Å². The lowest BCUT2D eigenvalue weighted by Crippen LogP contribution is -2.40. The van der Waals surface area contributed by atoms with E-state index in [0.717, 1.165) is 69.1 Å². The number of aromatic amines is 1. The van der Waals surface area contributed by atoms with E-state index in [4.69, 9.17) is 9.97 Å². The smallest absolute Gasteiger partial charge is 0.271 e. The second-order valence-corrected chi connectivity index (χ2v) is 8.86. The molecule has 2 aliphatic rings. The Morgan fingerprint density at radius 2 is 2.00 bits per heavy atom. The summed E-state index contributed by atoms with van der Waals surface area (Å²) in [7, 11) is 0. The van der Waals surface area contributed by atoms with Gasteiger partial charge in [-0.3, -0.25) is 9.89 Å². The van der Waals surface area contributed by atoms with E-state index in [9.17, 15) is 4.79 Å². The first kappa shape index (κ1) is 20.7. The van der Waals surface area contributed by atoms with Crippen LogP contribution in [0.5, 0.6) is 0 Å². The van der Waals surface area contributed by atoms with Crippen LogP contribution in [-0.2, 0) is 12.8 Å². The Kier molecular flexibility index (Phi) is 5.88. The van der Waals surface area contributed by atoms with E-state index in [1.165, 1.54) is 11.1 Å². The van der Waals surface area contributed by atoms with Gasteiger partial charge in [-0.25, -0.2) is 9.97 Å². The summed E-state index contributed by atoms with van der Waals surface area (Å²) >= 11 is 0. The number of carbonyl (C=O) groups excluding carboxylic acids is 1. The minimum Gasteiger partial charge on any atom is -0.356 e. The molecule has 1 amide bonds. The van der Waals surface area contributed by atoms with Gasteiger partial charge in [-0.2, -0.15) is 5.10 Å². The van der Waals surface area contributed by atoms with Crippen LogP contribution in [-0.4, -0.2) is 57.2 Å². The fourth-order valence-corrected chi connectivity index (χ4v) is 4.94. The number of aromatic nitrogens is 4. The van der Waals surface area contributed by atoms with Crippen LogP contribution >= 0.6 is 0 Å². The molecule has 2 aliphatic heterocycles. The number of carbonyl (C=O) groups is 1. The van der Waals surface area contributed by atoms with Crippen molar-refractivity contribution in [3.63, 3.8) is 0 Å². The van der Waals surface area contributed by atoms with Gasteiger partial charge in [0, 0.05) is 49.6 Å². The summed E-state index contributed by atoms with van der Waals surface area (Å²) in [5, 5.41) is 6.71. The van der Waals surface area contributed by atoms with Gasteiger partial charge in [0.2, 0.25) is 0 Å². The normalized spacial score (nSPS) is 18.5. The predicted molar refractivity (Wildman–Crippen MR) is 124 cm³/mol. The topological polar surface area (TPSA) is 78.0 Å². The molecule has 4 heterocycles. The maximum atomic E-state index is 12.8. The highest BCUT2D eigenvalue weighted by Crippen LogP contribution is 2.32. The molecule has 7 nitrogen and oxygen atoms in total. The van der Waals surface area contributed by atoms with E-state index in [1.807, 2.05) is 4.90 Å². The third-order valence-corrected chi connectivity index (χ3v) is 6.68. The van der Waals surface area contributed by atoms with Crippen molar-refractivity contribution in [1.82, 2.24) is 25.1 Å². The van der Waals surface area contributed by atoms with Crippen LogP contribution in [0.3, 0.4) is 0 Å². The zero-order valence-corrected chi connectivity index (χ0v) is 18.6. The zero-order valence-electron chi connectivity index (χ0n) is 18.6. The Hall–Kier alpha value is -3.22. The first-order valence-corrected chi connectivity index (χ1v) is 11.6. The number of benzene rings is 1. The highest BCUT2D eigenvalue weighted by molar-refractivity contribution is 5.92. The summed E-state index contributed by atoms with van der Waals surface area (Å²) < 4.78 is 0. The van der Waals surface area contributed by atoms with Crippen molar-refractivity contribution in [2.45, 2.75) is 44.9 Å². The van der Waals surface area contributed by atoms with Gasteiger partial charge in [-0.15, -0.1) is 0 Å². The van der Waals surface area contributed by atoms with Gasteiger partial charge in [0.15, 0.2) is 0 Å². The lowest BCUT2D eigenvalue weighted by Gasteiger charge is -2.34. The molecule has 0 bridgehead atoms. The average Bonchev–Trinajstić information content (AvgIpc) is 3.38. The highest BCUT2D eigenvalue weighted by atomic mass is 16.2. The summed E-state index contributed by atoms with van der Waals surface area (Å²) in [4.78, 5) is 27.2. The summed E-state index contributed by atoms with van der Waals surface area (Å²) in [6, 6.07) is 12.4. The summed E-state index contributed by atoms with van der Waals surface area (Å²) in [5.74, 6) is 2.16. The Balaban J connectivity index is 1.36. The molecule has 2 aromatic heterocycles. The molecule has 1 aromatic carbocycles. The van der Waals surface area contributed by atoms with E-state index in [2.05, 4.69) is 52.4 Å². The van der Waals surface area contributed by atoms with Crippen molar-refractivity contribution in [3.05, 3.63) is 70.9 Å². The molecule has 1 fully saturated rings. The quantitative estimate of drug-likeness (QED) is 0.670. The van der Waals surface area contributed by atoms with Crippen LogP contribution < -0.4 is 4.90 Å². The van der Waals surface area contributed by atoms with Gasteiger partial charge in [-0.1, -0.05) is 30.3 Å². The van der Waals surface area contributed by atoms with Gasteiger partial charge < -0.3 is 9.80 Å². The number of rotatable bonds is 5. The largest absolute Gasteiger partial charge is 0.356 e. The Morgan fingerprint density at radius 3 is 2.81 bits per heavy atom. The van der Waals surface area contributed by atoms with Crippen LogP contribution in [0, 0.1) is 6.92 Å². The zero-order chi connectivity index (χ0) is 21.9. The van der Waals surface area contributed by atoms with Gasteiger partial charge in [0.1, 0.15) is 17.3 Å². The van der Waals surface area contributed by atoms with Gasteiger partial charge in [0.25, 0.3) is 5.91 Å². The lowest BCUT2D eigenvalue weighted by molar-refractivity contribution is 0.0698. The lowest BCUT2D eigenvalue weighted by atomic mass is 9.95. The van der Waals surface area contributed by atoms with Crippen LogP contribution in [0.15, 0.2) is 42.6 Å². The predicted octanol–water partition coefficient (Wildman–Crippen LogP) is 3.52. The number of amides is 1. The van der Waals surface area contributed by atoms with Crippen molar-refractivity contribution < 1.29 is 4.79 Å². The summed E-state index contributed by atoms with van der Waals surface area (Å²) in [5.41, 5.74) is 4.27. The molecular weight excluding hydrogens is 400 g/mol. The first-order chi connectivity index (χ1) is 15.7. The van der Waals surface area contributed by atoms with Crippen LogP contribution in [0.2, 0.25) is 0 Å². The molecule has 0 aliphatic carbocycles. The number of anilines is 1. The highest BCUT2D eigenvalue weighted by Gasteiger charge is 2.30. The molecule has 0 radical (unpaired) electrons. The first-order valence-electron chi connectivity index (χ1n) is 11.6. The number of piperidine rings is 1. The number of likely N-dealkylation sites (tertiary alicyclic amines) is 1. The van der Waals surface area contributed by atoms with Crippen LogP contribution in [0.4, 0.5) is 5.82 Å². The molecule has 0 unspecified atom stereocenters. The molecule has 32 heavy (non-hydrogen) atoms. The van der Waals surface area contributed by atoms with E-state index in [1.54, 1.807) is 12.3 Å². The Morgan fingerprint density at radius 1 is 1.12 bits per heavy atom. The number of hydrogen-bond acceptors (Lipinski definition) is 5. The van der Waals surface area contributed by atoms with Crippen molar-refractivity contribution in [1.29, 1.82) is 0 Å². The number of H-pyrrole nitrogens is 1.